The SMILES string of the molecule is CN(Cc1ccc(F)cc1)C1CCC(NS(=O)(=O)c2ccc(N3CCOCC3)cn2)CC1. The smallest absolute Gasteiger partial charge is 0.258 e. The number of anilines is 1. The molecule has 2 fully saturated rings. The summed E-state index contributed by atoms with van der Waals surface area (Å²) in [4.78, 5) is 8.63. The third-order valence-electron chi connectivity index (χ3n) is 6.36. The van der Waals surface area contributed by atoms with Gasteiger partial charge in [0.1, 0.15) is 5.82 Å². The number of sulfonamides is 1. The zero-order valence-corrected chi connectivity index (χ0v) is 19.2. The van der Waals surface area contributed by atoms with Gasteiger partial charge in [0, 0.05) is 31.7 Å². The molecule has 4 rings (SSSR count). The molecule has 0 bridgehead atoms. The lowest BCUT2D eigenvalue weighted by Gasteiger charge is -2.34. The zero-order valence-electron chi connectivity index (χ0n) is 18.4. The van der Waals surface area contributed by atoms with Gasteiger partial charge in [-0.3, -0.25) is 4.90 Å². The van der Waals surface area contributed by atoms with Crippen LogP contribution in [0, 0.1) is 5.82 Å². The van der Waals surface area contributed by atoms with Crippen molar-refractivity contribution in [2.24, 2.45) is 0 Å². The van der Waals surface area contributed by atoms with Crippen molar-refractivity contribution in [1.29, 1.82) is 0 Å². The number of hydrogen-bond donors (Lipinski definition) is 1. The Bertz CT molecular complexity index is 971. The molecular formula is C23H31FN4O3S. The maximum absolute atomic E-state index is 13.1. The third kappa shape index (κ3) is 5.83. The average molecular weight is 463 g/mol. The topological polar surface area (TPSA) is 74.8 Å². The van der Waals surface area contributed by atoms with Crippen molar-refractivity contribution in [2.75, 3.05) is 38.3 Å². The Balaban J connectivity index is 1.28. The van der Waals surface area contributed by atoms with E-state index in [0.717, 1.165) is 56.6 Å². The molecule has 1 aliphatic carbocycles. The van der Waals surface area contributed by atoms with Crippen LogP contribution in [0.4, 0.5) is 10.1 Å². The van der Waals surface area contributed by atoms with Gasteiger partial charge >= 0.3 is 0 Å². The second kappa shape index (κ2) is 10.2. The lowest BCUT2D eigenvalue weighted by molar-refractivity contribution is 0.122. The van der Waals surface area contributed by atoms with Crippen LogP contribution >= 0.6 is 0 Å². The number of nitrogens with zero attached hydrogens (tertiary/aromatic N) is 3. The van der Waals surface area contributed by atoms with Crippen molar-refractivity contribution in [3.05, 3.63) is 54.0 Å². The summed E-state index contributed by atoms with van der Waals surface area (Å²) in [5.41, 5.74) is 1.99. The fourth-order valence-corrected chi connectivity index (χ4v) is 5.70. The summed E-state index contributed by atoms with van der Waals surface area (Å²) in [6, 6.07) is 10.3. The monoisotopic (exact) mass is 462 g/mol. The summed E-state index contributed by atoms with van der Waals surface area (Å²) >= 11 is 0. The molecule has 1 N–H and O–H groups in total. The molecule has 0 unspecified atom stereocenters. The molecule has 1 saturated carbocycles. The van der Waals surface area contributed by atoms with Gasteiger partial charge in [0.15, 0.2) is 5.03 Å². The predicted molar refractivity (Wildman–Crippen MR) is 122 cm³/mol. The highest BCUT2D eigenvalue weighted by Crippen LogP contribution is 2.25. The molecule has 7 nitrogen and oxygen atoms in total. The van der Waals surface area contributed by atoms with Crippen molar-refractivity contribution >= 4 is 15.7 Å². The highest BCUT2D eigenvalue weighted by molar-refractivity contribution is 7.89. The molecule has 0 radical (unpaired) electrons. The number of benzene rings is 1. The van der Waals surface area contributed by atoms with Gasteiger partial charge in [0.2, 0.25) is 0 Å². The van der Waals surface area contributed by atoms with Gasteiger partial charge < -0.3 is 9.64 Å². The van der Waals surface area contributed by atoms with E-state index in [4.69, 9.17) is 4.74 Å². The maximum Gasteiger partial charge on any atom is 0.258 e. The molecule has 0 amide bonds. The predicted octanol–water partition coefficient (Wildman–Crippen LogP) is 2.78. The fraction of sp³-hybridized carbons (Fsp3) is 0.522. The molecule has 2 heterocycles. The molecule has 2 aliphatic rings. The third-order valence-corrected chi connectivity index (χ3v) is 7.80. The molecule has 9 heteroatoms. The molecule has 1 aromatic heterocycles. The number of rotatable bonds is 7. The lowest BCUT2D eigenvalue weighted by Crippen LogP contribution is -2.42. The summed E-state index contributed by atoms with van der Waals surface area (Å²) in [6.45, 7) is 3.66. The summed E-state index contributed by atoms with van der Waals surface area (Å²) in [6.07, 6.45) is 5.01. The standard InChI is InChI=1S/C23H31FN4O3S/c1-27(17-18-2-4-19(24)5-3-18)21-8-6-20(7-9-21)26-32(29,30)23-11-10-22(16-25-23)28-12-14-31-15-13-28/h2-5,10-11,16,20-21,26H,6-9,12-15,17H2,1H3. The van der Waals surface area contributed by atoms with E-state index in [1.807, 2.05) is 18.2 Å². The van der Waals surface area contributed by atoms with Gasteiger partial charge in [-0.25, -0.2) is 22.5 Å². The van der Waals surface area contributed by atoms with E-state index in [0.29, 0.717) is 19.3 Å². The summed E-state index contributed by atoms with van der Waals surface area (Å²) < 4.78 is 46.9. The molecule has 2 aromatic rings. The lowest BCUT2D eigenvalue weighted by atomic mass is 9.91. The normalized spacial score (nSPS) is 22.3. The number of pyridine rings is 1. The van der Waals surface area contributed by atoms with Crippen LogP contribution in [0.25, 0.3) is 0 Å². The van der Waals surface area contributed by atoms with E-state index >= 15 is 0 Å². The number of ether oxygens (including phenoxy) is 1. The minimum atomic E-state index is -3.65. The quantitative estimate of drug-likeness (QED) is 0.682. The molecule has 0 atom stereocenters. The van der Waals surface area contributed by atoms with Gasteiger partial charge in [-0.1, -0.05) is 12.1 Å². The van der Waals surface area contributed by atoms with Gasteiger partial charge in [-0.05, 0) is 62.6 Å². The van der Waals surface area contributed by atoms with E-state index in [9.17, 15) is 12.8 Å². The van der Waals surface area contributed by atoms with Crippen LogP contribution in [0.15, 0.2) is 47.6 Å². The van der Waals surface area contributed by atoms with Crippen molar-refractivity contribution in [3.8, 4) is 0 Å². The van der Waals surface area contributed by atoms with E-state index in [1.165, 1.54) is 12.1 Å². The van der Waals surface area contributed by atoms with Gasteiger partial charge in [0.25, 0.3) is 10.0 Å². The van der Waals surface area contributed by atoms with Gasteiger partial charge in [-0.15, -0.1) is 0 Å². The van der Waals surface area contributed by atoms with Crippen LogP contribution in [0.3, 0.4) is 0 Å². The fourth-order valence-electron chi connectivity index (χ4n) is 4.46. The van der Waals surface area contributed by atoms with Gasteiger partial charge in [0.05, 0.1) is 25.1 Å². The minimum Gasteiger partial charge on any atom is -0.378 e. The maximum atomic E-state index is 13.1. The van der Waals surface area contributed by atoms with Crippen LogP contribution in [-0.4, -0.2) is 63.7 Å². The first-order chi connectivity index (χ1) is 15.4. The Hall–Kier alpha value is -2.07. The van der Waals surface area contributed by atoms with E-state index in [1.54, 1.807) is 12.3 Å². The first-order valence-corrected chi connectivity index (χ1v) is 12.6. The van der Waals surface area contributed by atoms with Crippen LogP contribution < -0.4 is 9.62 Å². The van der Waals surface area contributed by atoms with Crippen molar-refractivity contribution in [3.63, 3.8) is 0 Å². The van der Waals surface area contributed by atoms with Crippen LogP contribution in [0.2, 0.25) is 0 Å². The molecule has 1 saturated heterocycles. The number of aromatic nitrogens is 1. The first-order valence-electron chi connectivity index (χ1n) is 11.2. The molecule has 1 aliphatic heterocycles. The first kappa shape index (κ1) is 23.1. The Kier molecular flexibility index (Phi) is 7.40. The second-order valence-electron chi connectivity index (χ2n) is 8.62. The average Bonchev–Trinajstić information content (AvgIpc) is 2.81. The van der Waals surface area contributed by atoms with Crippen LogP contribution in [0.1, 0.15) is 31.2 Å². The summed E-state index contributed by atoms with van der Waals surface area (Å²) in [5.74, 6) is -0.227. The summed E-state index contributed by atoms with van der Waals surface area (Å²) in [7, 11) is -1.58. The zero-order chi connectivity index (χ0) is 22.6. The summed E-state index contributed by atoms with van der Waals surface area (Å²) in [5, 5.41) is 0.0602. The Morgan fingerprint density at radius 2 is 1.78 bits per heavy atom. The molecule has 174 valence electrons. The Morgan fingerprint density at radius 3 is 2.41 bits per heavy atom. The van der Waals surface area contributed by atoms with Crippen molar-refractivity contribution in [2.45, 2.75) is 49.3 Å². The Labute approximate surface area is 189 Å². The molecule has 1 aromatic carbocycles. The molecule has 32 heavy (non-hydrogen) atoms. The second-order valence-corrected chi connectivity index (χ2v) is 10.3. The number of halogens is 1. The van der Waals surface area contributed by atoms with Crippen LogP contribution in [0.5, 0.6) is 0 Å². The van der Waals surface area contributed by atoms with Crippen molar-refractivity contribution in [1.82, 2.24) is 14.6 Å². The number of nitrogens with one attached hydrogen (secondary N) is 1. The van der Waals surface area contributed by atoms with E-state index in [2.05, 4.69) is 26.6 Å². The Morgan fingerprint density at radius 1 is 1.09 bits per heavy atom. The number of morpholine rings is 1. The van der Waals surface area contributed by atoms with Crippen LogP contribution in [-0.2, 0) is 21.3 Å². The van der Waals surface area contributed by atoms with Gasteiger partial charge in [-0.2, -0.15) is 0 Å². The molecule has 0 spiro atoms. The number of hydrogen-bond acceptors (Lipinski definition) is 6. The molecular weight excluding hydrogens is 431 g/mol. The highest BCUT2D eigenvalue weighted by atomic mass is 32.2. The van der Waals surface area contributed by atoms with E-state index < -0.39 is 10.0 Å². The van der Waals surface area contributed by atoms with Crippen molar-refractivity contribution < 1.29 is 17.5 Å². The highest BCUT2D eigenvalue weighted by Gasteiger charge is 2.28. The largest absolute Gasteiger partial charge is 0.378 e. The van der Waals surface area contributed by atoms with E-state index in [-0.39, 0.29) is 16.9 Å². The minimum absolute atomic E-state index is 0.0602.